The van der Waals surface area contributed by atoms with E-state index < -0.39 is 0 Å². The van der Waals surface area contributed by atoms with Crippen LogP contribution in [0.15, 0.2) is 28.9 Å². The summed E-state index contributed by atoms with van der Waals surface area (Å²) in [6.07, 6.45) is 2.99. The van der Waals surface area contributed by atoms with E-state index in [2.05, 4.69) is 10.3 Å². The van der Waals surface area contributed by atoms with Crippen LogP contribution in [0.25, 0.3) is 0 Å². The molecule has 118 valence electrons. The number of carbonyl (C=O) groups excluding carboxylic acids is 1. The normalized spacial score (nSPS) is 12.2. The zero-order valence-electron chi connectivity index (χ0n) is 12.1. The summed E-state index contributed by atoms with van der Waals surface area (Å²) in [5.41, 5.74) is 6.95. The van der Waals surface area contributed by atoms with Crippen LogP contribution in [0.4, 0.5) is 0 Å². The molecule has 0 saturated carbocycles. The van der Waals surface area contributed by atoms with Crippen LogP contribution < -0.4 is 11.1 Å². The summed E-state index contributed by atoms with van der Waals surface area (Å²) in [5, 5.41) is 3.66. The van der Waals surface area contributed by atoms with E-state index in [4.69, 9.17) is 33.4 Å². The first-order chi connectivity index (χ1) is 10.5. The second kappa shape index (κ2) is 7.63. The Labute approximate surface area is 138 Å². The predicted octanol–water partition coefficient (Wildman–Crippen LogP) is 3.71. The first-order valence-corrected chi connectivity index (χ1v) is 7.70. The molecule has 0 aliphatic rings. The third-order valence-corrected chi connectivity index (χ3v) is 3.85. The largest absolute Gasteiger partial charge is 0.446 e. The quantitative estimate of drug-likeness (QED) is 0.838. The number of oxazole rings is 1. The molecule has 0 fully saturated rings. The van der Waals surface area contributed by atoms with Gasteiger partial charge in [0.25, 0.3) is 5.91 Å². The number of benzene rings is 1. The lowest BCUT2D eigenvalue weighted by atomic mass is 10.2. The lowest BCUT2D eigenvalue weighted by Gasteiger charge is -2.05. The van der Waals surface area contributed by atoms with Gasteiger partial charge in [0.1, 0.15) is 6.26 Å². The molecule has 1 aromatic carbocycles. The van der Waals surface area contributed by atoms with Crippen molar-refractivity contribution in [1.82, 2.24) is 10.3 Å². The fourth-order valence-electron chi connectivity index (χ4n) is 1.92. The van der Waals surface area contributed by atoms with Crippen LogP contribution in [0.2, 0.25) is 10.0 Å². The van der Waals surface area contributed by atoms with Gasteiger partial charge in [-0.25, -0.2) is 4.98 Å². The van der Waals surface area contributed by atoms with Crippen LogP contribution in [0.3, 0.4) is 0 Å². The first kappa shape index (κ1) is 16.8. The van der Waals surface area contributed by atoms with Crippen molar-refractivity contribution in [2.45, 2.75) is 32.4 Å². The summed E-state index contributed by atoms with van der Waals surface area (Å²) < 4.78 is 5.25. The van der Waals surface area contributed by atoms with E-state index in [1.54, 1.807) is 18.2 Å². The van der Waals surface area contributed by atoms with Crippen molar-refractivity contribution in [3.63, 3.8) is 0 Å². The fourth-order valence-corrected chi connectivity index (χ4v) is 2.24. The lowest BCUT2D eigenvalue weighted by molar-refractivity contribution is 0.0946. The number of amides is 1. The van der Waals surface area contributed by atoms with Crippen LogP contribution in [0.1, 0.15) is 47.7 Å². The Morgan fingerprint density at radius 1 is 1.41 bits per heavy atom. The van der Waals surface area contributed by atoms with Gasteiger partial charge in [-0.3, -0.25) is 4.79 Å². The molecule has 0 aliphatic heterocycles. The number of aromatic nitrogens is 1. The maximum Gasteiger partial charge on any atom is 0.273 e. The standard InChI is InChI=1S/C15H17Cl2N3O2/c1-2-3-12(18)15-20-13(8-22-15)14(21)19-7-9-4-5-10(16)11(17)6-9/h4-6,8,12H,2-3,7,18H2,1H3,(H,19,21). The molecular weight excluding hydrogens is 325 g/mol. The van der Waals surface area contributed by atoms with Crippen LogP contribution in [-0.2, 0) is 6.54 Å². The predicted molar refractivity (Wildman–Crippen MR) is 86.0 cm³/mol. The molecule has 0 aliphatic carbocycles. The van der Waals surface area contributed by atoms with Gasteiger partial charge in [0.05, 0.1) is 16.1 Å². The van der Waals surface area contributed by atoms with Gasteiger partial charge in [0.2, 0.25) is 5.89 Å². The lowest BCUT2D eigenvalue weighted by Crippen LogP contribution is -2.23. The van der Waals surface area contributed by atoms with Gasteiger partial charge in [-0.15, -0.1) is 0 Å². The van der Waals surface area contributed by atoms with E-state index in [0.717, 1.165) is 18.4 Å². The third kappa shape index (κ3) is 4.22. The van der Waals surface area contributed by atoms with Gasteiger partial charge in [0, 0.05) is 6.54 Å². The summed E-state index contributed by atoms with van der Waals surface area (Å²) in [5.74, 6) is 0.0475. The van der Waals surface area contributed by atoms with E-state index in [1.165, 1.54) is 6.26 Å². The van der Waals surface area contributed by atoms with Crippen molar-refractivity contribution in [1.29, 1.82) is 0 Å². The minimum absolute atomic E-state index is 0.210. The van der Waals surface area contributed by atoms with E-state index >= 15 is 0 Å². The van der Waals surface area contributed by atoms with Gasteiger partial charge < -0.3 is 15.5 Å². The highest BCUT2D eigenvalue weighted by Gasteiger charge is 2.16. The zero-order valence-corrected chi connectivity index (χ0v) is 13.6. The van der Waals surface area contributed by atoms with Crippen molar-refractivity contribution in [2.24, 2.45) is 5.73 Å². The Bertz CT molecular complexity index is 658. The van der Waals surface area contributed by atoms with Crippen LogP contribution in [0, 0.1) is 0 Å². The highest BCUT2D eigenvalue weighted by Crippen LogP contribution is 2.22. The highest BCUT2D eigenvalue weighted by atomic mass is 35.5. The summed E-state index contributed by atoms with van der Waals surface area (Å²) in [7, 11) is 0. The third-order valence-electron chi connectivity index (χ3n) is 3.11. The SMILES string of the molecule is CCCC(N)c1nc(C(=O)NCc2ccc(Cl)c(Cl)c2)co1. The van der Waals surface area contributed by atoms with Crippen LogP contribution in [-0.4, -0.2) is 10.9 Å². The number of hydrogen-bond acceptors (Lipinski definition) is 4. The van der Waals surface area contributed by atoms with E-state index in [1.807, 2.05) is 6.92 Å². The molecule has 22 heavy (non-hydrogen) atoms. The average molecular weight is 342 g/mol. The first-order valence-electron chi connectivity index (χ1n) is 6.94. The van der Waals surface area contributed by atoms with Gasteiger partial charge in [-0.05, 0) is 24.1 Å². The van der Waals surface area contributed by atoms with E-state index in [9.17, 15) is 4.79 Å². The number of nitrogens with one attached hydrogen (secondary N) is 1. The topological polar surface area (TPSA) is 81.1 Å². The molecule has 3 N–H and O–H groups in total. The number of nitrogens with two attached hydrogens (primary N) is 1. The van der Waals surface area contributed by atoms with Crippen LogP contribution >= 0.6 is 23.2 Å². The number of rotatable bonds is 6. The second-order valence-electron chi connectivity index (χ2n) is 4.90. The van der Waals surface area contributed by atoms with Gasteiger partial charge in [-0.1, -0.05) is 42.6 Å². The Kier molecular flexibility index (Phi) is 5.83. The fraction of sp³-hybridized carbons (Fsp3) is 0.333. The van der Waals surface area contributed by atoms with Crippen LogP contribution in [0.5, 0.6) is 0 Å². The molecule has 1 atom stereocenters. The average Bonchev–Trinajstić information content (AvgIpc) is 2.98. The van der Waals surface area contributed by atoms with Gasteiger partial charge in [-0.2, -0.15) is 0 Å². The molecule has 1 heterocycles. The monoisotopic (exact) mass is 341 g/mol. The molecule has 1 aromatic heterocycles. The second-order valence-corrected chi connectivity index (χ2v) is 5.71. The zero-order chi connectivity index (χ0) is 16.1. The number of halogens is 2. The minimum atomic E-state index is -0.329. The molecule has 1 unspecified atom stereocenters. The highest BCUT2D eigenvalue weighted by molar-refractivity contribution is 6.42. The smallest absolute Gasteiger partial charge is 0.273 e. The Morgan fingerprint density at radius 2 is 2.18 bits per heavy atom. The van der Waals surface area contributed by atoms with Crippen molar-refractivity contribution >= 4 is 29.1 Å². The molecule has 0 spiro atoms. The molecule has 2 rings (SSSR count). The Morgan fingerprint density at radius 3 is 2.86 bits per heavy atom. The van der Waals surface area contributed by atoms with Crippen molar-refractivity contribution in [3.8, 4) is 0 Å². The maximum absolute atomic E-state index is 12.0. The Hall–Kier alpha value is -1.56. The molecule has 0 radical (unpaired) electrons. The summed E-state index contributed by atoms with van der Waals surface area (Å²) in [6.45, 7) is 2.34. The molecule has 5 nitrogen and oxygen atoms in total. The minimum Gasteiger partial charge on any atom is -0.446 e. The molecule has 7 heteroatoms. The van der Waals surface area contributed by atoms with Crippen molar-refractivity contribution in [2.75, 3.05) is 0 Å². The van der Waals surface area contributed by atoms with E-state index in [-0.39, 0.29) is 17.6 Å². The molecular formula is C15H17Cl2N3O2. The molecule has 1 amide bonds. The van der Waals surface area contributed by atoms with Gasteiger partial charge >= 0.3 is 0 Å². The number of nitrogens with zero attached hydrogens (tertiary/aromatic N) is 1. The molecule has 0 saturated heterocycles. The molecule has 2 aromatic rings. The van der Waals surface area contributed by atoms with Gasteiger partial charge in [0.15, 0.2) is 5.69 Å². The summed E-state index contributed by atoms with van der Waals surface area (Å²) in [4.78, 5) is 16.2. The Balaban J connectivity index is 1.96. The number of hydrogen-bond donors (Lipinski definition) is 2. The number of carbonyl (C=O) groups is 1. The summed E-state index contributed by atoms with van der Waals surface area (Å²) in [6, 6.07) is 4.89. The van der Waals surface area contributed by atoms with E-state index in [0.29, 0.717) is 22.5 Å². The summed E-state index contributed by atoms with van der Waals surface area (Å²) >= 11 is 11.8. The maximum atomic E-state index is 12.0. The van der Waals surface area contributed by atoms with Crippen molar-refractivity contribution < 1.29 is 9.21 Å². The van der Waals surface area contributed by atoms with Crippen molar-refractivity contribution in [3.05, 3.63) is 51.7 Å². The molecule has 0 bridgehead atoms.